The van der Waals surface area contributed by atoms with Gasteiger partial charge in [-0.1, -0.05) is 17.3 Å². The van der Waals surface area contributed by atoms with Crippen molar-refractivity contribution in [2.24, 2.45) is 17.9 Å². The molecule has 0 saturated carbocycles. The van der Waals surface area contributed by atoms with Crippen LogP contribution < -0.4 is 5.73 Å². The highest BCUT2D eigenvalue weighted by atomic mass is 79.9. The molecular formula is C18H17BrFN3O3. The molecule has 0 unspecified atom stereocenters. The van der Waals surface area contributed by atoms with Gasteiger partial charge in [0.05, 0.1) is 10.3 Å². The number of aromatic hydroxyl groups is 1. The number of hydrogen-bond donors (Lipinski definition) is 3. The predicted octanol–water partition coefficient (Wildman–Crippen LogP) is 4.27. The van der Waals surface area contributed by atoms with Crippen LogP contribution in [0.4, 0.5) is 4.39 Å². The Morgan fingerprint density at radius 2 is 1.81 bits per heavy atom. The van der Waals surface area contributed by atoms with Crippen molar-refractivity contribution in [3.05, 3.63) is 51.9 Å². The first kappa shape index (κ1) is 18.1. The van der Waals surface area contributed by atoms with E-state index >= 15 is 0 Å². The second kappa shape index (κ2) is 6.53. The van der Waals surface area contributed by atoms with Gasteiger partial charge in [0.2, 0.25) is 0 Å². The summed E-state index contributed by atoms with van der Waals surface area (Å²) in [5.41, 5.74) is 9.24. The van der Waals surface area contributed by atoms with Crippen LogP contribution in [0.15, 0.2) is 38.4 Å². The predicted molar refractivity (Wildman–Crippen MR) is 99.9 cm³/mol. The first-order valence-electron chi connectivity index (χ1n) is 7.69. The van der Waals surface area contributed by atoms with Crippen LogP contribution >= 0.6 is 15.9 Å². The van der Waals surface area contributed by atoms with Gasteiger partial charge in [-0.2, -0.15) is 4.39 Å². The fourth-order valence-corrected chi connectivity index (χ4v) is 3.73. The van der Waals surface area contributed by atoms with Gasteiger partial charge in [0.1, 0.15) is 11.5 Å². The van der Waals surface area contributed by atoms with Gasteiger partial charge in [-0.05, 0) is 47.5 Å². The number of halogens is 2. The van der Waals surface area contributed by atoms with Crippen molar-refractivity contribution >= 4 is 21.8 Å². The molecule has 26 heavy (non-hydrogen) atoms. The van der Waals surface area contributed by atoms with Crippen LogP contribution in [0.1, 0.15) is 17.0 Å². The Bertz CT molecular complexity index is 1020. The van der Waals surface area contributed by atoms with E-state index in [4.69, 9.17) is 10.2 Å². The van der Waals surface area contributed by atoms with E-state index in [-0.39, 0.29) is 11.6 Å². The summed E-state index contributed by atoms with van der Waals surface area (Å²) >= 11 is 3.54. The highest BCUT2D eigenvalue weighted by Gasteiger charge is 2.29. The quantitative estimate of drug-likeness (QED) is 0.254. The summed E-state index contributed by atoms with van der Waals surface area (Å²) in [6, 6.07) is 5.89. The number of nitrogens with two attached hydrogens (primary N) is 1. The van der Waals surface area contributed by atoms with Crippen LogP contribution in [-0.4, -0.2) is 20.7 Å². The van der Waals surface area contributed by atoms with E-state index < -0.39 is 6.01 Å². The second-order valence-corrected chi connectivity index (χ2v) is 6.66. The minimum Gasteiger partial charge on any atom is -0.508 e. The first-order chi connectivity index (χ1) is 12.3. The van der Waals surface area contributed by atoms with Crippen molar-refractivity contribution in [2.45, 2.75) is 13.8 Å². The van der Waals surface area contributed by atoms with E-state index in [1.54, 1.807) is 49.7 Å². The van der Waals surface area contributed by atoms with Crippen LogP contribution in [0.2, 0.25) is 0 Å². The van der Waals surface area contributed by atoms with E-state index in [2.05, 4.69) is 21.1 Å². The molecule has 3 aromatic rings. The molecule has 0 amide bonds. The van der Waals surface area contributed by atoms with Crippen LogP contribution in [0.3, 0.4) is 0 Å². The molecule has 1 aromatic carbocycles. The third kappa shape index (κ3) is 2.66. The van der Waals surface area contributed by atoms with E-state index in [1.165, 1.54) is 0 Å². The van der Waals surface area contributed by atoms with Gasteiger partial charge in [-0.15, -0.1) is 0 Å². The van der Waals surface area contributed by atoms with Crippen molar-refractivity contribution in [3.8, 4) is 28.0 Å². The number of aromatic nitrogens is 1. The third-order valence-corrected chi connectivity index (χ3v) is 5.27. The highest BCUT2D eigenvalue weighted by Crippen LogP contribution is 2.45. The van der Waals surface area contributed by atoms with Gasteiger partial charge >= 0.3 is 0 Å². The van der Waals surface area contributed by atoms with Crippen LogP contribution in [-0.2, 0) is 7.05 Å². The van der Waals surface area contributed by atoms with Gasteiger partial charge in [0, 0.05) is 29.3 Å². The molecule has 0 saturated heterocycles. The molecule has 3 rings (SSSR count). The third-order valence-electron chi connectivity index (χ3n) is 4.34. The summed E-state index contributed by atoms with van der Waals surface area (Å²) in [5, 5.41) is 21.9. The molecule has 0 radical (unpaired) electrons. The van der Waals surface area contributed by atoms with Gasteiger partial charge in [-0.3, -0.25) is 0 Å². The summed E-state index contributed by atoms with van der Waals surface area (Å²) < 4.78 is 21.6. The summed E-state index contributed by atoms with van der Waals surface area (Å²) in [6.07, 6.45) is 0. The zero-order chi connectivity index (χ0) is 19.2. The SMILES string of the molecule is Cc1oc(F)c(C)c1-c1c(-c2ccc(O)cc2)c(Br)n(C)c1C(N)=NO. The maximum atomic E-state index is 14.1. The van der Waals surface area contributed by atoms with E-state index in [9.17, 15) is 14.7 Å². The summed E-state index contributed by atoms with van der Waals surface area (Å²) in [4.78, 5) is 0. The average Bonchev–Trinajstić information content (AvgIpc) is 3.01. The topological polar surface area (TPSA) is 96.9 Å². The smallest absolute Gasteiger partial charge is 0.281 e. The molecule has 0 atom stereocenters. The van der Waals surface area contributed by atoms with Gasteiger partial charge in [-0.25, -0.2) is 0 Å². The van der Waals surface area contributed by atoms with Crippen LogP contribution in [0.25, 0.3) is 22.3 Å². The summed E-state index contributed by atoms with van der Waals surface area (Å²) in [5.74, 6) is 0.388. The first-order valence-corrected chi connectivity index (χ1v) is 8.48. The van der Waals surface area contributed by atoms with Crippen molar-refractivity contribution in [1.29, 1.82) is 0 Å². The number of phenols is 1. The number of phenolic OH excluding ortho intramolecular Hbond substituents is 1. The monoisotopic (exact) mass is 421 g/mol. The molecule has 0 spiro atoms. The number of aryl methyl sites for hydroxylation is 1. The second-order valence-electron chi connectivity index (χ2n) is 5.91. The Morgan fingerprint density at radius 3 is 2.31 bits per heavy atom. The number of hydrogen-bond acceptors (Lipinski definition) is 4. The Morgan fingerprint density at radius 1 is 1.19 bits per heavy atom. The van der Waals surface area contributed by atoms with E-state index in [0.29, 0.717) is 38.3 Å². The van der Waals surface area contributed by atoms with E-state index in [0.717, 1.165) is 5.56 Å². The standard InChI is InChI=1S/C18H17BrFN3O3/c1-8-12(9(2)26-17(8)20)14-13(10-4-6-11(24)7-5-10)16(19)23(3)15(14)18(21)22-25/h4-7,24-25H,1-3H3,(H2,21,22). The zero-order valence-electron chi connectivity index (χ0n) is 14.3. The fourth-order valence-electron chi connectivity index (χ4n) is 3.13. The molecule has 0 aliphatic heterocycles. The lowest BCUT2D eigenvalue weighted by molar-refractivity contribution is 0.318. The molecule has 2 heterocycles. The molecular weight excluding hydrogens is 405 g/mol. The van der Waals surface area contributed by atoms with Gasteiger partial charge in [0.15, 0.2) is 5.84 Å². The number of benzene rings is 1. The van der Waals surface area contributed by atoms with Crippen LogP contribution in [0, 0.1) is 19.9 Å². The minimum atomic E-state index is -0.681. The molecule has 0 aliphatic carbocycles. The van der Waals surface area contributed by atoms with Gasteiger partial charge in [0.25, 0.3) is 6.01 Å². The minimum absolute atomic E-state index is 0.117. The largest absolute Gasteiger partial charge is 0.508 e. The molecule has 2 aromatic heterocycles. The van der Waals surface area contributed by atoms with Crippen molar-refractivity contribution < 1.29 is 19.1 Å². The van der Waals surface area contributed by atoms with Crippen LogP contribution in [0.5, 0.6) is 5.75 Å². The number of furan rings is 1. The maximum Gasteiger partial charge on any atom is 0.281 e. The van der Waals surface area contributed by atoms with Crippen molar-refractivity contribution in [2.75, 3.05) is 0 Å². The highest BCUT2D eigenvalue weighted by molar-refractivity contribution is 9.10. The van der Waals surface area contributed by atoms with E-state index in [1.807, 2.05) is 0 Å². The average molecular weight is 422 g/mol. The normalized spacial score (nSPS) is 12.0. The fraction of sp³-hybridized carbons (Fsp3) is 0.167. The lowest BCUT2D eigenvalue weighted by Crippen LogP contribution is -2.18. The molecule has 6 nitrogen and oxygen atoms in total. The molecule has 136 valence electrons. The molecule has 0 bridgehead atoms. The number of nitrogens with zero attached hydrogens (tertiary/aromatic N) is 2. The number of amidine groups is 1. The maximum absolute atomic E-state index is 14.1. The van der Waals surface area contributed by atoms with Gasteiger partial charge < -0.3 is 25.0 Å². The van der Waals surface area contributed by atoms with Crippen molar-refractivity contribution in [1.82, 2.24) is 4.57 Å². The lowest BCUT2D eigenvalue weighted by Gasteiger charge is -2.09. The lowest BCUT2D eigenvalue weighted by atomic mass is 9.94. The molecule has 0 aliphatic rings. The summed E-state index contributed by atoms with van der Waals surface area (Å²) in [6.45, 7) is 3.27. The Kier molecular flexibility index (Phi) is 4.53. The Hall–Kier alpha value is -2.74. The zero-order valence-corrected chi connectivity index (χ0v) is 15.9. The van der Waals surface area contributed by atoms with Crippen molar-refractivity contribution in [3.63, 3.8) is 0 Å². The number of oxime groups is 1. The summed E-state index contributed by atoms with van der Waals surface area (Å²) in [7, 11) is 1.74. The Balaban J connectivity index is 2.47. The molecule has 0 fully saturated rings. The molecule has 8 heteroatoms. The Labute approximate surface area is 157 Å². The number of rotatable bonds is 3. The molecule has 4 N–H and O–H groups in total.